The monoisotopic (exact) mass is 439 g/mol. The van der Waals surface area contributed by atoms with Crippen molar-refractivity contribution in [1.82, 2.24) is 19.0 Å². The largest absolute Gasteiger partial charge is 0.334 e. The normalized spacial score (nSPS) is 15.2. The number of amides is 1. The molecule has 0 atom stereocenters. The number of rotatable bonds is 5. The van der Waals surface area contributed by atoms with E-state index >= 15 is 0 Å². The van der Waals surface area contributed by atoms with Crippen molar-refractivity contribution in [3.05, 3.63) is 75.6 Å². The highest BCUT2D eigenvalue weighted by molar-refractivity contribution is 6.30. The van der Waals surface area contributed by atoms with Crippen LogP contribution in [0, 0.1) is 19.8 Å². The van der Waals surface area contributed by atoms with Gasteiger partial charge in [0.15, 0.2) is 0 Å². The summed E-state index contributed by atoms with van der Waals surface area (Å²) < 4.78 is 3.41. The molecule has 3 heterocycles. The maximum Gasteiger partial charge on any atom is 0.334 e. The Morgan fingerprint density at radius 2 is 1.87 bits per heavy atom. The predicted octanol–water partition coefficient (Wildman–Crippen LogP) is 3.61. The number of benzene rings is 1. The average molecular weight is 440 g/mol. The van der Waals surface area contributed by atoms with Crippen LogP contribution in [0.1, 0.15) is 24.1 Å². The van der Waals surface area contributed by atoms with Crippen LogP contribution in [0.5, 0.6) is 0 Å². The molecule has 1 aliphatic heterocycles. The van der Waals surface area contributed by atoms with E-state index in [1.165, 1.54) is 0 Å². The molecule has 4 rings (SSSR count). The van der Waals surface area contributed by atoms with Gasteiger partial charge in [0.05, 0.1) is 12.4 Å². The van der Waals surface area contributed by atoms with E-state index in [0.29, 0.717) is 17.5 Å². The first-order chi connectivity index (χ1) is 14.9. The summed E-state index contributed by atoms with van der Waals surface area (Å²) in [6, 6.07) is 11.0. The Balaban J connectivity index is 1.37. The Bertz CT molecular complexity index is 1130. The van der Waals surface area contributed by atoms with Gasteiger partial charge in [0.25, 0.3) is 0 Å². The minimum absolute atomic E-state index is 0.0136. The quantitative estimate of drug-likeness (QED) is 0.659. The van der Waals surface area contributed by atoms with E-state index in [1.54, 1.807) is 27.5 Å². The second-order valence-corrected chi connectivity index (χ2v) is 8.51. The number of aryl methyl sites for hydroxylation is 2. The number of nitrogens with zero attached hydrogens (tertiary/aromatic N) is 4. The molecule has 1 aromatic carbocycles. The minimum Gasteiger partial charge on any atom is -0.310 e. The zero-order valence-electron chi connectivity index (χ0n) is 17.7. The van der Waals surface area contributed by atoms with Crippen molar-refractivity contribution < 1.29 is 4.79 Å². The van der Waals surface area contributed by atoms with Crippen LogP contribution >= 0.6 is 11.6 Å². The lowest BCUT2D eigenvalue weighted by Crippen LogP contribution is -2.40. The first-order valence-corrected chi connectivity index (χ1v) is 10.8. The van der Waals surface area contributed by atoms with Crippen LogP contribution in [0.4, 0.5) is 5.82 Å². The molecule has 31 heavy (non-hydrogen) atoms. The second-order valence-electron chi connectivity index (χ2n) is 8.08. The molecule has 0 saturated carbocycles. The number of carbonyl (C=O) groups excluding carboxylic acids is 1. The van der Waals surface area contributed by atoms with E-state index in [0.717, 1.165) is 42.9 Å². The zero-order chi connectivity index (χ0) is 22.0. The van der Waals surface area contributed by atoms with E-state index in [2.05, 4.69) is 15.2 Å². The fourth-order valence-electron chi connectivity index (χ4n) is 4.01. The standard InChI is InChI=1S/C23H26ClN5O2/c1-16-7-10-25-21(13-16)26-22(30)18-8-11-27(12-9-18)15-28-14-17(2)29(23(28)31)20-5-3-19(24)4-6-20/h3-7,10,13-14,18H,8-9,11-12,15H2,1-2H3,(H,25,26,30). The van der Waals surface area contributed by atoms with Crippen LogP contribution in [-0.2, 0) is 11.5 Å². The Hall–Kier alpha value is -2.90. The summed E-state index contributed by atoms with van der Waals surface area (Å²) in [4.78, 5) is 32.0. The molecular weight excluding hydrogens is 414 g/mol. The lowest BCUT2D eigenvalue weighted by atomic mass is 9.96. The van der Waals surface area contributed by atoms with Crippen molar-refractivity contribution in [1.29, 1.82) is 0 Å². The molecule has 0 radical (unpaired) electrons. The fraction of sp³-hybridized carbons (Fsp3) is 0.348. The molecule has 7 nitrogen and oxygen atoms in total. The summed E-state index contributed by atoms with van der Waals surface area (Å²) in [5.41, 5.74) is 2.65. The van der Waals surface area contributed by atoms with Crippen LogP contribution < -0.4 is 11.0 Å². The van der Waals surface area contributed by atoms with Gasteiger partial charge in [-0.15, -0.1) is 0 Å². The van der Waals surface area contributed by atoms with Gasteiger partial charge >= 0.3 is 5.69 Å². The molecule has 3 aromatic rings. The zero-order valence-corrected chi connectivity index (χ0v) is 18.5. The molecule has 162 valence electrons. The fourth-order valence-corrected chi connectivity index (χ4v) is 4.13. The lowest BCUT2D eigenvalue weighted by Gasteiger charge is -2.31. The molecular formula is C23H26ClN5O2. The van der Waals surface area contributed by atoms with Crippen molar-refractivity contribution >= 4 is 23.3 Å². The van der Waals surface area contributed by atoms with E-state index in [-0.39, 0.29) is 17.5 Å². The summed E-state index contributed by atoms with van der Waals surface area (Å²) in [6.45, 7) is 5.92. The number of aromatic nitrogens is 3. The smallest absolute Gasteiger partial charge is 0.310 e. The number of hydrogen-bond acceptors (Lipinski definition) is 4. The van der Waals surface area contributed by atoms with Gasteiger partial charge < -0.3 is 5.32 Å². The SMILES string of the molecule is Cc1ccnc(NC(=O)C2CCN(Cn3cc(C)n(-c4ccc(Cl)cc4)c3=O)CC2)c1. The van der Waals surface area contributed by atoms with E-state index in [4.69, 9.17) is 11.6 Å². The molecule has 0 unspecified atom stereocenters. The molecule has 8 heteroatoms. The third-order valence-corrected chi connectivity index (χ3v) is 5.95. The number of halogens is 1. The van der Waals surface area contributed by atoms with Crippen LogP contribution in [0.25, 0.3) is 5.69 Å². The Morgan fingerprint density at radius 1 is 1.16 bits per heavy atom. The molecule has 0 aliphatic carbocycles. The van der Waals surface area contributed by atoms with Crippen molar-refractivity contribution in [2.24, 2.45) is 5.92 Å². The third kappa shape index (κ3) is 4.89. The van der Waals surface area contributed by atoms with Crippen molar-refractivity contribution in [3.63, 3.8) is 0 Å². The Morgan fingerprint density at radius 3 is 2.55 bits per heavy atom. The summed E-state index contributed by atoms with van der Waals surface area (Å²) >= 11 is 5.97. The summed E-state index contributed by atoms with van der Waals surface area (Å²) in [5.74, 6) is 0.563. The summed E-state index contributed by atoms with van der Waals surface area (Å²) in [7, 11) is 0. The molecule has 0 bridgehead atoms. The number of piperidine rings is 1. The van der Waals surface area contributed by atoms with Gasteiger partial charge in [-0.25, -0.2) is 9.78 Å². The first kappa shape index (κ1) is 21.3. The van der Waals surface area contributed by atoms with Gasteiger partial charge in [-0.05, 0) is 68.7 Å². The molecule has 1 fully saturated rings. The number of pyridine rings is 1. The van der Waals surface area contributed by atoms with Gasteiger partial charge in [-0.1, -0.05) is 11.6 Å². The van der Waals surface area contributed by atoms with Crippen LogP contribution in [0.15, 0.2) is 53.6 Å². The maximum atomic E-state index is 12.9. The van der Waals surface area contributed by atoms with Crippen molar-refractivity contribution in [2.75, 3.05) is 18.4 Å². The highest BCUT2D eigenvalue weighted by Gasteiger charge is 2.26. The van der Waals surface area contributed by atoms with Crippen LogP contribution in [0.3, 0.4) is 0 Å². The Kier molecular flexibility index (Phi) is 6.25. The predicted molar refractivity (Wildman–Crippen MR) is 122 cm³/mol. The molecule has 1 aliphatic rings. The highest BCUT2D eigenvalue weighted by atomic mass is 35.5. The molecule has 1 amide bonds. The number of likely N-dealkylation sites (tertiary alicyclic amines) is 1. The summed E-state index contributed by atoms with van der Waals surface area (Å²) in [5, 5.41) is 3.56. The molecule has 0 spiro atoms. The average Bonchev–Trinajstić information content (AvgIpc) is 3.02. The lowest BCUT2D eigenvalue weighted by molar-refractivity contribution is -0.121. The number of anilines is 1. The topological polar surface area (TPSA) is 72.2 Å². The van der Waals surface area contributed by atoms with Crippen molar-refractivity contribution in [2.45, 2.75) is 33.4 Å². The number of nitrogens with one attached hydrogen (secondary N) is 1. The Labute approximate surface area is 186 Å². The number of imidazole rings is 1. The van der Waals surface area contributed by atoms with E-state index in [1.807, 2.05) is 44.3 Å². The number of hydrogen-bond donors (Lipinski definition) is 1. The molecule has 2 aromatic heterocycles. The van der Waals surface area contributed by atoms with Gasteiger partial charge in [-0.2, -0.15) is 0 Å². The highest BCUT2D eigenvalue weighted by Crippen LogP contribution is 2.20. The maximum absolute atomic E-state index is 12.9. The van der Waals surface area contributed by atoms with Crippen LogP contribution in [0.2, 0.25) is 5.02 Å². The van der Waals surface area contributed by atoms with E-state index in [9.17, 15) is 9.59 Å². The number of carbonyl (C=O) groups is 1. The molecule has 1 N–H and O–H groups in total. The minimum atomic E-state index is -0.0785. The second kappa shape index (κ2) is 9.08. The summed E-state index contributed by atoms with van der Waals surface area (Å²) in [6.07, 6.45) is 5.08. The molecule has 1 saturated heterocycles. The van der Waals surface area contributed by atoms with E-state index < -0.39 is 0 Å². The van der Waals surface area contributed by atoms with Gasteiger partial charge in [0, 0.05) is 42.1 Å². The third-order valence-electron chi connectivity index (χ3n) is 5.69. The van der Waals surface area contributed by atoms with Gasteiger partial charge in [0.1, 0.15) is 5.82 Å². The first-order valence-electron chi connectivity index (χ1n) is 10.4. The van der Waals surface area contributed by atoms with Gasteiger partial charge in [0.2, 0.25) is 5.91 Å². The van der Waals surface area contributed by atoms with Crippen LogP contribution in [-0.4, -0.2) is 38.0 Å². The van der Waals surface area contributed by atoms with Crippen molar-refractivity contribution in [3.8, 4) is 5.69 Å². The van der Waals surface area contributed by atoms with Gasteiger partial charge in [-0.3, -0.25) is 18.8 Å².